The highest BCUT2D eigenvalue weighted by Gasteiger charge is 2.17. The summed E-state index contributed by atoms with van der Waals surface area (Å²) < 4.78 is 0. The van der Waals surface area contributed by atoms with Crippen molar-refractivity contribution in [1.29, 1.82) is 0 Å². The van der Waals surface area contributed by atoms with Gasteiger partial charge in [0.2, 0.25) is 0 Å². The molecule has 0 bridgehead atoms. The zero-order chi connectivity index (χ0) is 11.5. The molecule has 1 aromatic rings. The number of anilines is 2. The van der Waals surface area contributed by atoms with Gasteiger partial charge in [-0.2, -0.15) is 0 Å². The molecule has 3 N–H and O–H groups in total. The molecule has 0 unspecified atom stereocenters. The number of rotatable bonds is 2. The standard InChI is InChI=1S/C11H15N3O2/c1-13-11(15)8-3-4-9(12)10(7-8)14-5-2-6-16-14/h3-4,7H,2,5-6,12H2,1H3,(H,13,15). The Bertz CT molecular complexity index is 400. The monoisotopic (exact) mass is 221 g/mol. The number of nitrogens with two attached hydrogens (primary N) is 1. The fourth-order valence-electron chi connectivity index (χ4n) is 1.68. The van der Waals surface area contributed by atoms with Crippen LogP contribution in [0.4, 0.5) is 11.4 Å². The van der Waals surface area contributed by atoms with E-state index in [2.05, 4.69) is 5.32 Å². The van der Waals surface area contributed by atoms with E-state index in [-0.39, 0.29) is 5.91 Å². The molecule has 1 fully saturated rings. The van der Waals surface area contributed by atoms with Crippen molar-refractivity contribution in [1.82, 2.24) is 5.32 Å². The van der Waals surface area contributed by atoms with Gasteiger partial charge in [-0.25, -0.2) is 0 Å². The molecule has 2 rings (SSSR count). The molecular formula is C11H15N3O2. The van der Waals surface area contributed by atoms with Gasteiger partial charge in [-0.1, -0.05) is 0 Å². The predicted octanol–water partition coefficient (Wildman–Crippen LogP) is 0.770. The first kappa shape index (κ1) is 10.8. The average Bonchev–Trinajstić information content (AvgIpc) is 2.82. The third-order valence-electron chi connectivity index (χ3n) is 2.54. The molecule has 1 aromatic carbocycles. The van der Waals surface area contributed by atoms with E-state index >= 15 is 0 Å². The van der Waals surface area contributed by atoms with E-state index in [0.717, 1.165) is 18.7 Å². The van der Waals surface area contributed by atoms with Crippen molar-refractivity contribution in [3.8, 4) is 0 Å². The first-order valence-electron chi connectivity index (χ1n) is 5.24. The first-order chi connectivity index (χ1) is 7.72. The lowest BCUT2D eigenvalue weighted by molar-refractivity contribution is 0.0963. The summed E-state index contributed by atoms with van der Waals surface area (Å²) in [5.74, 6) is -0.125. The summed E-state index contributed by atoms with van der Waals surface area (Å²) in [6.07, 6.45) is 0.976. The van der Waals surface area contributed by atoms with Crippen LogP contribution in [0.5, 0.6) is 0 Å². The van der Waals surface area contributed by atoms with Gasteiger partial charge in [0.1, 0.15) is 0 Å². The number of hydrogen-bond acceptors (Lipinski definition) is 4. The Labute approximate surface area is 94.1 Å². The van der Waals surface area contributed by atoms with Gasteiger partial charge in [0.05, 0.1) is 18.0 Å². The molecule has 0 saturated carbocycles. The summed E-state index contributed by atoms with van der Waals surface area (Å²) >= 11 is 0. The number of nitrogens with zero attached hydrogens (tertiary/aromatic N) is 1. The smallest absolute Gasteiger partial charge is 0.251 e. The number of amides is 1. The predicted molar refractivity (Wildman–Crippen MR) is 62.2 cm³/mol. The summed E-state index contributed by atoms with van der Waals surface area (Å²) in [5.41, 5.74) is 7.83. The van der Waals surface area contributed by atoms with Crippen molar-refractivity contribution < 1.29 is 9.63 Å². The summed E-state index contributed by atoms with van der Waals surface area (Å²) in [7, 11) is 1.60. The topological polar surface area (TPSA) is 67.6 Å². The zero-order valence-electron chi connectivity index (χ0n) is 9.19. The van der Waals surface area contributed by atoms with Crippen LogP contribution >= 0.6 is 0 Å². The van der Waals surface area contributed by atoms with Crippen molar-refractivity contribution in [3.05, 3.63) is 23.8 Å². The van der Waals surface area contributed by atoms with E-state index in [1.807, 2.05) is 0 Å². The number of carbonyl (C=O) groups is 1. The maximum atomic E-state index is 11.5. The number of hydrogen-bond donors (Lipinski definition) is 2. The minimum absolute atomic E-state index is 0.125. The van der Waals surface area contributed by atoms with E-state index in [1.54, 1.807) is 30.3 Å². The van der Waals surface area contributed by atoms with Gasteiger partial charge in [0.15, 0.2) is 0 Å². The van der Waals surface area contributed by atoms with E-state index in [0.29, 0.717) is 17.9 Å². The SMILES string of the molecule is CNC(=O)c1ccc(N)c(N2CCCO2)c1. The third kappa shape index (κ3) is 1.94. The molecule has 5 heteroatoms. The number of nitrogen functional groups attached to an aromatic ring is 1. The number of nitrogens with one attached hydrogen (secondary N) is 1. The van der Waals surface area contributed by atoms with Crippen molar-refractivity contribution in [3.63, 3.8) is 0 Å². The lowest BCUT2D eigenvalue weighted by Crippen LogP contribution is -2.21. The number of benzene rings is 1. The third-order valence-corrected chi connectivity index (χ3v) is 2.54. The molecule has 1 amide bonds. The quantitative estimate of drug-likeness (QED) is 0.724. The summed E-state index contributed by atoms with van der Waals surface area (Å²) in [6.45, 7) is 1.50. The molecule has 1 aliphatic heterocycles. The normalized spacial score (nSPS) is 15.2. The van der Waals surface area contributed by atoms with E-state index in [4.69, 9.17) is 10.6 Å². The molecule has 0 spiro atoms. The van der Waals surface area contributed by atoms with Crippen molar-refractivity contribution in [2.24, 2.45) is 0 Å². The Kier molecular flexibility index (Phi) is 2.96. The number of carbonyl (C=O) groups excluding carboxylic acids is 1. The van der Waals surface area contributed by atoms with Gasteiger partial charge in [-0.05, 0) is 24.6 Å². The van der Waals surface area contributed by atoms with Gasteiger partial charge < -0.3 is 11.1 Å². The molecule has 0 aliphatic carbocycles. The maximum absolute atomic E-state index is 11.5. The van der Waals surface area contributed by atoms with Crippen LogP contribution in [0.15, 0.2) is 18.2 Å². The minimum atomic E-state index is -0.125. The molecule has 86 valence electrons. The Balaban J connectivity index is 2.32. The Morgan fingerprint density at radius 2 is 2.38 bits per heavy atom. The van der Waals surface area contributed by atoms with Crippen LogP contribution in [0.2, 0.25) is 0 Å². The van der Waals surface area contributed by atoms with Gasteiger partial charge >= 0.3 is 0 Å². The van der Waals surface area contributed by atoms with Crippen LogP contribution in [-0.4, -0.2) is 26.1 Å². The largest absolute Gasteiger partial charge is 0.397 e. The van der Waals surface area contributed by atoms with Gasteiger partial charge in [-0.15, -0.1) is 0 Å². The maximum Gasteiger partial charge on any atom is 0.251 e. The Hall–Kier alpha value is -1.75. The number of hydroxylamine groups is 1. The summed E-state index contributed by atoms with van der Waals surface area (Å²) in [6, 6.07) is 5.18. The van der Waals surface area contributed by atoms with Crippen molar-refractivity contribution in [2.75, 3.05) is 31.0 Å². The fraction of sp³-hybridized carbons (Fsp3) is 0.364. The molecule has 1 saturated heterocycles. The highest BCUT2D eigenvalue weighted by atomic mass is 16.7. The minimum Gasteiger partial charge on any atom is -0.397 e. The van der Waals surface area contributed by atoms with E-state index in [9.17, 15) is 4.79 Å². The molecular weight excluding hydrogens is 206 g/mol. The molecule has 16 heavy (non-hydrogen) atoms. The highest BCUT2D eigenvalue weighted by molar-refractivity contribution is 5.96. The molecule has 1 aliphatic rings. The Morgan fingerprint density at radius 1 is 1.56 bits per heavy atom. The summed E-state index contributed by atoms with van der Waals surface area (Å²) in [5, 5.41) is 4.32. The highest BCUT2D eigenvalue weighted by Crippen LogP contribution is 2.27. The fourth-order valence-corrected chi connectivity index (χ4v) is 1.68. The van der Waals surface area contributed by atoms with Crippen LogP contribution in [0, 0.1) is 0 Å². The van der Waals surface area contributed by atoms with Crippen molar-refractivity contribution >= 4 is 17.3 Å². The van der Waals surface area contributed by atoms with Gasteiger partial charge in [-0.3, -0.25) is 14.7 Å². The molecule has 0 radical (unpaired) electrons. The van der Waals surface area contributed by atoms with Gasteiger partial charge in [0.25, 0.3) is 5.91 Å². The lowest BCUT2D eigenvalue weighted by atomic mass is 10.1. The van der Waals surface area contributed by atoms with Crippen LogP contribution < -0.4 is 16.1 Å². The van der Waals surface area contributed by atoms with Crippen LogP contribution in [0.3, 0.4) is 0 Å². The molecule has 1 heterocycles. The lowest BCUT2D eigenvalue weighted by Gasteiger charge is -2.18. The van der Waals surface area contributed by atoms with E-state index < -0.39 is 0 Å². The molecule has 5 nitrogen and oxygen atoms in total. The summed E-state index contributed by atoms with van der Waals surface area (Å²) in [4.78, 5) is 16.9. The molecule has 0 aromatic heterocycles. The second-order valence-electron chi connectivity index (χ2n) is 3.64. The zero-order valence-corrected chi connectivity index (χ0v) is 9.19. The second-order valence-corrected chi connectivity index (χ2v) is 3.64. The van der Waals surface area contributed by atoms with Gasteiger partial charge in [0, 0.05) is 19.2 Å². The first-order valence-corrected chi connectivity index (χ1v) is 5.24. The van der Waals surface area contributed by atoms with E-state index in [1.165, 1.54) is 0 Å². The van der Waals surface area contributed by atoms with Crippen molar-refractivity contribution in [2.45, 2.75) is 6.42 Å². The second kappa shape index (κ2) is 4.40. The average molecular weight is 221 g/mol. The van der Waals surface area contributed by atoms with Crippen LogP contribution in [0.1, 0.15) is 16.8 Å². The van der Waals surface area contributed by atoms with Crippen LogP contribution in [0.25, 0.3) is 0 Å². The Morgan fingerprint density at radius 3 is 3.00 bits per heavy atom. The van der Waals surface area contributed by atoms with Crippen LogP contribution in [-0.2, 0) is 4.84 Å². The molecule has 0 atom stereocenters.